The van der Waals surface area contributed by atoms with Gasteiger partial charge in [-0.15, -0.1) is 0 Å². The molecule has 5 rings (SSSR count). The summed E-state index contributed by atoms with van der Waals surface area (Å²) in [6, 6.07) is 7.03. The van der Waals surface area contributed by atoms with E-state index in [0.29, 0.717) is 12.8 Å². The Balaban J connectivity index is 1.65. The minimum absolute atomic E-state index is 0.0997. The van der Waals surface area contributed by atoms with Crippen molar-refractivity contribution in [2.24, 2.45) is 17.8 Å². The van der Waals surface area contributed by atoms with Crippen molar-refractivity contribution < 1.29 is 33.8 Å². The van der Waals surface area contributed by atoms with Crippen molar-refractivity contribution in [2.45, 2.75) is 102 Å². The second kappa shape index (κ2) is 13.0. The van der Waals surface area contributed by atoms with Gasteiger partial charge in [0.25, 0.3) is 0 Å². The molecule has 4 aliphatic rings. The molecule has 1 aromatic carbocycles. The van der Waals surface area contributed by atoms with Crippen LogP contribution in [0.2, 0.25) is 0 Å². The molecule has 9 atom stereocenters. The van der Waals surface area contributed by atoms with Gasteiger partial charge in [-0.05, 0) is 45.6 Å². The van der Waals surface area contributed by atoms with Gasteiger partial charge in [0.15, 0.2) is 0 Å². The minimum Gasteiger partial charge on any atom is -0.455 e. The van der Waals surface area contributed by atoms with Crippen molar-refractivity contribution in [3.05, 3.63) is 60.2 Å². The number of fused-ring (bicyclic) bond motifs is 2. The molecule has 1 spiro atoms. The summed E-state index contributed by atoms with van der Waals surface area (Å²) in [6.45, 7) is 11.5. The van der Waals surface area contributed by atoms with Crippen molar-refractivity contribution in [2.75, 3.05) is 20.2 Å². The number of cyclic esters (lactones) is 1. The molecule has 2 fully saturated rings. The SMILES string of the molecule is CC[C@H](C)[C@H](CO)N1C(=O)[C@H]2[C@@H]3C(=O)O[C@H](c4ccccc4)[C@@H](C)N(C)C(=O)CC/C=C\CN(C(C)(C)C)C(=O)[C@H]1[C@@]21C=C[C@@H]3O1. The Labute approximate surface area is 272 Å². The van der Waals surface area contributed by atoms with Gasteiger partial charge in [0, 0.05) is 25.6 Å². The third-order valence-corrected chi connectivity index (χ3v) is 10.5. The molecule has 2 saturated heterocycles. The molecule has 0 unspecified atom stereocenters. The fraction of sp³-hybridized carbons (Fsp3) is 0.611. The number of likely N-dealkylation sites (N-methyl/N-ethyl adjacent to an activating group) is 1. The van der Waals surface area contributed by atoms with Gasteiger partial charge in [-0.1, -0.05) is 74.9 Å². The van der Waals surface area contributed by atoms with Gasteiger partial charge in [0.05, 0.1) is 30.7 Å². The Morgan fingerprint density at radius 1 is 1.07 bits per heavy atom. The molecule has 1 N–H and O–H groups in total. The van der Waals surface area contributed by atoms with Crippen molar-refractivity contribution in [3.8, 4) is 0 Å². The predicted molar refractivity (Wildman–Crippen MR) is 172 cm³/mol. The van der Waals surface area contributed by atoms with E-state index >= 15 is 0 Å². The van der Waals surface area contributed by atoms with Gasteiger partial charge in [0.1, 0.15) is 23.7 Å². The third kappa shape index (κ3) is 5.68. The molecular weight excluding hydrogens is 586 g/mol. The van der Waals surface area contributed by atoms with E-state index in [1.807, 2.05) is 84.0 Å². The fourth-order valence-corrected chi connectivity index (χ4v) is 7.57. The number of nitrogens with zero attached hydrogens (tertiary/aromatic N) is 3. The van der Waals surface area contributed by atoms with Crippen LogP contribution < -0.4 is 0 Å². The first-order valence-corrected chi connectivity index (χ1v) is 16.6. The van der Waals surface area contributed by atoms with Gasteiger partial charge in [-0.25, -0.2) is 0 Å². The summed E-state index contributed by atoms with van der Waals surface area (Å²) < 4.78 is 12.9. The Bertz CT molecular complexity index is 1390. The number of benzene rings is 1. The number of esters is 1. The van der Waals surface area contributed by atoms with E-state index in [-0.39, 0.29) is 37.3 Å². The average molecular weight is 636 g/mol. The van der Waals surface area contributed by atoms with Crippen LogP contribution in [-0.2, 0) is 28.7 Å². The normalized spacial score (nSPS) is 34.1. The molecular formula is C36H49N3O7. The van der Waals surface area contributed by atoms with Crippen molar-refractivity contribution in [1.29, 1.82) is 0 Å². The number of rotatable bonds is 5. The number of amides is 3. The zero-order valence-electron chi connectivity index (χ0n) is 28.1. The van der Waals surface area contributed by atoms with E-state index in [4.69, 9.17) is 9.47 Å². The van der Waals surface area contributed by atoms with Crippen LogP contribution in [0.1, 0.15) is 72.5 Å². The van der Waals surface area contributed by atoms with E-state index < -0.39 is 65.2 Å². The number of ether oxygens (including phenoxy) is 2. The smallest absolute Gasteiger partial charge is 0.313 e. The molecule has 0 aromatic heterocycles. The Kier molecular flexibility index (Phi) is 9.53. The molecule has 0 radical (unpaired) electrons. The lowest BCUT2D eigenvalue weighted by molar-refractivity contribution is -0.165. The van der Waals surface area contributed by atoms with Gasteiger partial charge < -0.3 is 29.3 Å². The Hall–Kier alpha value is -3.50. The second-order valence-electron chi connectivity index (χ2n) is 14.2. The summed E-state index contributed by atoms with van der Waals surface area (Å²) in [7, 11) is 1.71. The molecule has 0 aliphatic carbocycles. The first-order chi connectivity index (χ1) is 21.8. The maximum atomic E-state index is 14.8. The molecule has 46 heavy (non-hydrogen) atoms. The number of aliphatic hydroxyl groups excluding tert-OH is 1. The lowest BCUT2D eigenvalue weighted by Crippen LogP contribution is -2.62. The molecule has 250 valence electrons. The highest BCUT2D eigenvalue weighted by Crippen LogP contribution is 2.57. The summed E-state index contributed by atoms with van der Waals surface area (Å²) in [4.78, 5) is 61.9. The van der Waals surface area contributed by atoms with Crippen molar-refractivity contribution in [1.82, 2.24) is 14.7 Å². The highest BCUT2D eigenvalue weighted by molar-refractivity contribution is 5.99. The summed E-state index contributed by atoms with van der Waals surface area (Å²) in [5.41, 5.74) is -1.31. The molecule has 0 saturated carbocycles. The number of likely N-dealkylation sites (tertiary alicyclic amines) is 1. The number of aliphatic hydroxyl groups is 1. The van der Waals surface area contributed by atoms with Crippen LogP contribution in [-0.4, -0.2) is 99.1 Å². The van der Waals surface area contributed by atoms with E-state index in [0.717, 1.165) is 5.56 Å². The summed E-state index contributed by atoms with van der Waals surface area (Å²) in [5, 5.41) is 10.7. The first-order valence-electron chi connectivity index (χ1n) is 16.6. The number of carbonyl (C=O) groups excluding carboxylic acids is 4. The molecule has 10 nitrogen and oxygen atoms in total. The predicted octanol–water partition coefficient (Wildman–Crippen LogP) is 3.65. The maximum Gasteiger partial charge on any atom is 0.313 e. The lowest BCUT2D eigenvalue weighted by Gasteiger charge is -2.44. The van der Waals surface area contributed by atoms with Gasteiger partial charge >= 0.3 is 5.97 Å². The van der Waals surface area contributed by atoms with E-state index in [9.17, 15) is 24.3 Å². The summed E-state index contributed by atoms with van der Waals surface area (Å²) in [5.74, 6) is -3.57. The highest BCUT2D eigenvalue weighted by atomic mass is 16.6. The van der Waals surface area contributed by atoms with Crippen LogP contribution in [0.4, 0.5) is 0 Å². The van der Waals surface area contributed by atoms with Crippen LogP contribution >= 0.6 is 0 Å². The Morgan fingerprint density at radius 3 is 2.39 bits per heavy atom. The molecule has 4 aliphatic heterocycles. The zero-order chi connectivity index (χ0) is 33.6. The summed E-state index contributed by atoms with van der Waals surface area (Å²) >= 11 is 0. The topological polar surface area (TPSA) is 117 Å². The number of hydrogen-bond donors (Lipinski definition) is 1. The standard InChI is InChI=1S/C36H49N3O7/c1-8-22(2)25(21-40)39-31-33(43)38(35(4,5)6)20-14-10-13-17-27(41)37(7)23(3)30(24-15-11-9-12-16-24)45-34(44)28-26-18-19-36(31,46-26)29(28)32(39)42/h9-12,14-16,18-19,22-23,25-26,28-31,40H,8,13,17,20-21H2,1-7H3/b14-10-/t22-,23+,25-,26-,28+,29+,30-,31-,36+/m0/s1. The van der Waals surface area contributed by atoms with Crippen LogP contribution in [0.3, 0.4) is 0 Å². The van der Waals surface area contributed by atoms with Crippen molar-refractivity contribution >= 4 is 23.7 Å². The van der Waals surface area contributed by atoms with Crippen LogP contribution in [0, 0.1) is 17.8 Å². The van der Waals surface area contributed by atoms with Crippen LogP contribution in [0.15, 0.2) is 54.6 Å². The molecule has 5 bridgehead atoms. The van der Waals surface area contributed by atoms with Crippen molar-refractivity contribution in [3.63, 3.8) is 0 Å². The third-order valence-electron chi connectivity index (χ3n) is 10.5. The molecule has 1 aromatic rings. The molecule has 10 heteroatoms. The fourth-order valence-electron chi connectivity index (χ4n) is 7.57. The number of hydrogen-bond acceptors (Lipinski definition) is 7. The van der Waals surface area contributed by atoms with Gasteiger partial charge in [0.2, 0.25) is 17.7 Å². The first kappa shape index (κ1) is 33.9. The van der Waals surface area contributed by atoms with Gasteiger partial charge in [-0.2, -0.15) is 0 Å². The lowest BCUT2D eigenvalue weighted by atomic mass is 9.74. The van der Waals surface area contributed by atoms with E-state index in [2.05, 4.69) is 0 Å². The highest BCUT2D eigenvalue weighted by Gasteiger charge is 2.74. The Morgan fingerprint density at radius 2 is 1.76 bits per heavy atom. The molecule has 4 heterocycles. The van der Waals surface area contributed by atoms with E-state index in [1.165, 1.54) is 4.90 Å². The number of carbonyl (C=O) groups is 4. The second-order valence-corrected chi connectivity index (χ2v) is 14.2. The molecule has 3 amide bonds. The average Bonchev–Trinajstić information content (AvgIpc) is 3.67. The van der Waals surface area contributed by atoms with E-state index in [1.54, 1.807) is 29.0 Å². The monoisotopic (exact) mass is 635 g/mol. The van der Waals surface area contributed by atoms with Gasteiger partial charge in [-0.3, -0.25) is 19.2 Å². The minimum atomic E-state index is -1.40. The summed E-state index contributed by atoms with van der Waals surface area (Å²) in [6.07, 6.45) is 7.16. The quantitative estimate of drug-likeness (QED) is 0.388. The van der Waals surface area contributed by atoms with Crippen LogP contribution in [0.5, 0.6) is 0 Å². The zero-order valence-corrected chi connectivity index (χ0v) is 28.1. The van der Waals surface area contributed by atoms with Crippen LogP contribution in [0.25, 0.3) is 0 Å². The number of allylic oxidation sites excluding steroid dienone is 1. The largest absolute Gasteiger partial charge is 0.455 e. The maximum absolute atomic E-state index is 14.8.